The molecule has 2 aliphatic rings. The molecule has 4 heteroatoms. The fourth-order valence-electron chi connectivity index (χ4n) is 8.28. The molecular formula is C46H26O4. The third-order valence-electron chi connectivity index (χ3n) is 10.8. The van der Waals surface area contributed by atoms with Crippen molar-refractivity contribution in [1.82, 2.24) is 0 Å². The van der Waals surface area contributed by atoms with Crippen LogP contribution >= 0.6 is 0 Å². The van der Waals surface area contributed by atoms with Crippen molar-refractivity contribution in [2.45, 2.75) is 12.0 Å². The highest BCUT2D eigenvalue weighted by Crippen LogP contribution is 2.44. The van der Waals surface area contributed by atoms with E-state index >= 15 is 0 Å². The summed E-state index contributed by atoms with van der Waals surface area (Å²) in [5.74, 6) is 1.23. The summed E-state index contributed by atoms with van der Waals surface area (Å²) in [5, 5.41) is 8.92. The maximum absolute atomic E-state index is 6.51. The Kier molecular flexibility index (Phi) is 5.05. The Morgan fingerprint density at radius 3 is 1.70 bits per heavy atom. The molecule has 0 saturated heterocycles. The first-order valence-electron chi connectivity index (χ1n) is 17.0. The van der Waals surface area contributed by atoms with Crippen LogP contribution in [0.1, 0.15) is 11.5 Å². The predicted molar refractivity (Wildman–Crippen MR) is 202 cm³/mol. The number of para-hydroxylation sites is 1. The van der Waals surface area contributed by atoms with Crippen LogP contribution in [-0.2, 0) is 0 Å². The third kappa shape index (κ3) is 3.70. The maximum Gasteiger partial charge on any atom is 0.136 e. The molecule has 7 aromatic carbocycles. The topological polar surface area (TPSA) is 48.7 Å². The average molecular weight is 643 g/mol. The molecule has 1 aliphatic carbocycles. The first-order chi connectivity index (χ1) is 24.7. The summed E-state index contributed by atoms with van der Waals surface area (Å²) in [6.45, 7) is 0. The molecule has 3 aromatic heterocycles. The number of benzene rings is 7. The summed E-state index contributed by atoms with van der Waals surface area (Å²) in [5.41, 5.74) is 11.1. The minimum Gasteiger partial charge on any atom is -0.485 e. The van der Waals surface area contributed by atoms with Gasteiger partial charge < -0.3 is 18.0 Å². The SMILES string of the molecule is C1=CC2Oc3ccc(-c4ccc5c(c4)oc4cc6cc7oc8cc(-c9ccc%10oc%11ccccc%11c%10c9)ccc8c7cc6cc45)cc3C2C=C1. The van der Waals surface area contributed by atoms with Gasteiger partial charge in [0, 0.05) is 43.8 Å². The molecule has 0 saturated carbocycles. The van der Waals surface area contributed by atoms with E-state index in [-0.39, 0.29) is 12.0 Å². The average Bonchev–Trinajstić information content (AvgIpc) is 3.91. The Hall–Kier alpha value is -6.52. The molecule has 0 bridgehead atoms. The molecular weight excluding hydrogens is 617 g/mol. The van der Waals surface area contributed by atoms with E-state index in [2.05, 4.69) is 133 Å². The second kappa shape index (κ2) is 9.55. The second-order valence-corrected chi connectivity index (χ2v) is 13.6. The van der Waals surface area contributed by atoms with Crippen LogP contribution < -0.4 is 4.74 Å². The van der Waals surface area contributed by atoms with Crippen molar-refractivity contribution in [1.29, 1.82) is 0 Å². The number of hydrogen-bond acceptors (Lipinski definition) is 4. The van der Waals surface area contributed by atoms with E-state index < -0.39 is 0 Å². The molecule has 0 fully saturated rings. The molecule has 2 atom stereocenters. The van der Waals surface area contributed by atoms with Crippen LogP contribution in [0.5, 0.6) is 5.75 Å². The van der Waals surface area contributed by atoms with E-state index in [0.29, 0.717) is 0 Å². The van der Waals surface area contributed by atoms with E-state index in [4.69, 9.17) is 18.0 Å². The molecule has 0 amide bonds. The summed E-state index contributed by atoms with van der Waals surface area (Å²) in [4.78, 5) is 0. The number of hydrogen-bond donors (Lipinski definition) is 0. The van der Waals surface area contributed by atoms with Crippen molar-refractivity contribution >= 4 is 76.6 Å². The van der Waals surface area contributed by atoms with Crippen molar-refractivity contribution in [3.05, 3.63) is 151 Å². The van der Waals surface area contributed by atoms with Gasteiger partial charge in [-0.05, 0) is 118 Å². The zero-order valence-electron chi connectivity index (χ0n) is 26.6. The highest BCUT2D eigenvalue weighted by atomic mass is 16.5. The van der Waals surface area contributed by atoms with Crippen LogP contribution in [0, 0.1) is 0 Å². The lowest BCUT2D eigenvalue weighted by molar-refractivity contribution is 0.269. The van der Waals surface area contributed by atoms with Gasteiger partial charge in [0.1, 0.15) is 45.4 Å². The monoisotopic (exact) mass is 642 g/mol. The molecule has 0 radical (unpaired) electrons. The Morgan fingerprint density at radius 1 is 0.380 bits per heavy atom. The lowest BCUT2D eigenvalue weighted by atomic mass is 9.90. The second-order valence-electron chi connectivity index (χ2n) is 13.6. The predicted octanol–water partition coefficient (Wildman–Crippen LogP) is 12.8. The van der Waals surface area contributed by atoms with Gasteiger partial charge in [-0.3, -0.25) is 0 Å². The quantitative estimate of drug-likeness (QED) is 0.188. The van der Waals surface area contributed by atoms with E-state index in [0.717, 1.165) is 105 Å². The molecule has 2 unspecified atom stereocenters. The van der Waals surface area contributed by atoms with Gasteiger partial charge in [-0.15, -0.1) is 0 Å². The van der Waals surface area contributed by atoms with E-state index in [1.54, 1.807) is 0 Å². The molecule has 234 valence electrons. The first-order valence-corrected chi connectivity index (χ1v) is 17.0. The van der Waals surface area contributed by atoms with Crippen molar-refractivity contribution in [3.8, 4) is 28.0 Å². The molecule has 12 rings (SSSR count). The Morgan fingerprint density at radius 2 is 0.920 bits per heavy atom. The third-order valence-corrected chi connectivity index (χ3v) is 10.8. The molecule has 4 nitrogen and oxygen atoms in total. The number of furan rings is 3. The lowest BCUT2D eigenvalue weighted by Crippen LogP contribution is -2.15. The van der Waals surface area contributed by atoms with Gasteiger partial charge in [-0.2, -0.15) is 0 Å². The summed E-state index contributed by atoms with van der Waals surface area (Å²) in [6.07, 6.45) is 8.62. The summed E-state index contributed by atoms with van der Waals surface area (Å²) >= 11 is 0. The highest BCUT2D eigenvalue weighted by Gasteiger charge is 2.32. The zero-order valence-corrected chi connectivity index (χ0v) is 26.6. The molecule has 4 heterocycles. The van der Waals surface area contributed by atoms with E-state index in [9.17, 15) is 0 Å². The van der Waals surface area contributed by atoms with Crippen LogP contribution in [-0.4, -0.2) is 6.10 Å². The van der Waals surface area contributed by atoms with Crippen LogP contribution in [0.25, 0.3) is 98.8 Å². The number of rotatable bonds is 2. The summed E-state index contributed by atoms with van der Waals surface area (Å²) in [7, 11) is 0. The molecule has 50 heavy (non-hydrogen) atoms. The Labute approximate surface area is 285 Å². The zero-order chi connectivity index (χ0) is 32.5. The molecule has 0 N–H and O–H groups in total. The van der Waals surface area contributed by atoms with E-state index in [1.165, 1.54) is 5.56 Å². The van der Waals surface area contributed by atoms with Gasteiger partial charge in [0.2, 0.25) is 0 Å². The standard InChI is InChI=1S/C46H26O4/c1-3-7-39-31(5-1)35-17-25(11-15-41(35)47-39)27-9-13-33-37-19-29-20-38-34-14-10-28(26-12-16-42-36(18-26)32-6-2-4-8-40(32)48-42)22-44(34)50-46(38)24-30(29)23-45(37)49-43(33)21-27/h1-24,31,39H. The van der Waals surface area contributed by atoms with Crippen molar-refractivity contribution < 1.29 is 18.0 Å². The minimum atomic E-state index is 0.0833. The summed E-state index contributed by atoms with van der Waals surface area (Å²) < 4.78 is 25.2. The van der Waals surface area contributed by atoms with Gasteiger partial charge in [-0.25, -0.2) is 0 Å². The van der Waals surface area contributed by atoms with E-state index in [1.807, 2.05) is 12.1 Å². The summed E-state index contributed by atoms with van der Waals surface area (Å²) in [6, 6.07) is 42.9. The van der Waals surface area contributed by atoms with Crippen LogP contribution in [0.4, 0.5) is 0 Å². The molecule has 10 aromatic rings. The van der Waals surface area contributed by atoms with Crippen LogP contribution in [0.2, 0.25) is 0 Å². The van der Waals surface area contributed by atoms with Crippen LogP contribution in [0.15, 0.2) is 159 Å². The molecule has 1 aliphatic heterocycles. The maximum atomic E-state index is 6.51. The van der Waals surface area contributed by atoms with Gasteiger partial charge in [0.05, 0.1) is 0 Å². The van der Waals surface area contributed by atoms with Gasteiger partial charge in [0.25, 0.3) is 0 Å². The fourth-order valence-corrected chi connectivity index (χ4v) is 8.28. The lowest BCUT2D eigenvalue weighted by Gasteiger charge is -2.14. The molecule has 0 spiro atoms. The van der Waals surface area contributed by atoms with Crippen LogP contribution in [0.3, 0.4) is 0 Å². The van der Waals surface area contributed by atoms with Gasteiger partial charge in [-0.1, -0.05) is 60.7 Å². The van der Waals surface area contributed by atoms with Gasteiger partial charge >= 0.3 is 0 Å². The minimum absolute atomic E-state index is 0.0833. The normalized spacial score (nSPS) is 16.8. The Balaban J connectivity index is 0.935. The van der Waals surface area contributed by atoms with Crippen molar-refractivity contribution in [3.63, 3.8) is 0 Å². The first kappa shape index (κ1) is 26.4. The smallest absolute Gasteiger partial charge is 0.136 e. The number of fused-ring (bicyclic) bond motifs is 13. The highest BCUT2D eigenvalue weighted by molar-refractivity contribution is 6.16. The van der Waals surface area contributed by atoms with Crippen molar-refractivity contribution in [2.24, 2.45) is 0 Å². The number of allylic oxidation sites excluding steroid dienone is 2. The largest absolute Gasteiger partial charge is 0.485 e. The fraction of sp³-hybridized carbons (Fsp3) is 0.0435. The van der Waals surface area contributed by atoms with Crippen molar-refractivity contribution in [2.75, 3.05) is 0 Å². The van der Waals surface area contributed by atoms with Gasteiger partial charge in [0.15, 0.2) is 0 Å². The Bertz CT molecular complexity index is 3150. The number of ether oxygens (including phenoxy) is 1.